The van der Waals surface area contributed by atoms with Crippen molar-refractivity contribution in [2.45, 2.75) is 162 Å². The number of rotatable bonds is 23. The average molecular weight is 943 g/mol. The maximum Gasteiger partial charge on any atom is 0.247 e. The van der Waals surface area contributed by atoms with Crippen molar-refractivity contribution in [2.24, 2.45) is 46.3 Å². The minimum Gasteiger partial charge on any atom is -0.392 e. The van der Waals surface area contributed by atoms with Gasteiger partial charge in [-0.25, -0.2) is 0 Å². The van der Waals surface area contributed by atoms with Crippen LogP contribution in [0.3, 0.4) is 0 Å². The summed E-state index contributed by atoms with van der Waals surface area (Å²) < 4.78 is 6.47. The van der Waals surface area contributed by atoms with E-state index in [4.69, 9.17) is 4.74 Å². The molecule has 3 aromatic rings. The lowest BCUT2D eigenvalue weighted by Crippen LogP contribution is -2.54. The summed E-state index contributed by atoms with van der Waals surface area (Å²) in [6, 6.07) is 23.7. The number of ether oxygens (including phenoxy) is 1. The second kappa shape index (κ2) is 24.4. The fourth-order valence-electron chi connectivity index (χ4n) is 13.2. The van der Waals surface area contributed by atoms with Crippen LogP contribution in [-0.4, -0.2) is 60.1 Å². The minimum absolute atomic E-state index is 0.0179. The minimum atomic E-state index is -0.991. The maximum absolute atomic E-state index is 14.0. The summed E-state index contributed by atoms with van der Waals surface area (Å²) >= 11 is 0. The molecule has 1 unspecified atom stereocenters. The number of hydrogen-bond acceptors (Lipinski definition) is 6. The summed E-state index contributed by atoms with van der Waals surface area (Å²) in [6.45, 7) is 13.5. The fourth-order valence-corrected chi connectivity index (χ4v) is 13.2. The van der Waals surface area contributed by atoms with E-state index < -0.39 is 29.8 Å². The summed E-state index contributed by atoms with van der Waals surface area (Å²) in [4.78, 5) is 54.0. The molecule has 0 heterocycles. The Kier molecular flexibility index (Phi) is 18.4. The first-order valence-electron chi connectivity index (χ1n) is 26.5. The summed E-state index contributed by atoms with van der Waals surface area (Å²) in [5.74, 6) is 3.39. The number of carbonyl (C=O) groups is 4. The summed E-state index contributed by atoms with van der Waals surface area (Å²) in [7, 11) is 0. The lowest BCUT2D eigenvalue weighted by Gasteiger charge is -2.58. The Morgan fingerprint density at radius 1 is 0.710 bits per heavy atom. The smallest absolute Gasteiger partial charge is 0.247 e. The van der Waals surface area contributed by atoms with Gasteiger partial charge in [-0.3, -0.25) is 19.2 Å². The highest BCUT2D eigenvalue weighted by atomic mass is 16.5. The molecule has 0 spiro atoms. The molecule has 10 heteroatoms. The van der Waals surface area contributed by atoms with Crippen LogP contribution in [0.15, 0.2) is 96.6 Å². The van der Waals surface area contributed by atoms with Crippen molar-refractivity contribution >= 4 is 29.3 Å². The van der Waals surface area contributed by atoms with Gasteiger partial charge in [-0.15, -0.1) is 0 Å². The zero-order valence-corrected chi connectivity index (χ0v) is 42.3. The Hall–Kier alpha value is -4.80. The van der Waals surface area contributed by atoms with Gasteiger partial charge in [-0.05, 0) is 133 Å². The Balaban J connectivity index is 0.849. The van der Waals surface area contributed by atoms with Gasteiger partial charge >= 0.3 is 0 Å². The standard InChI is InChI=1S/C59H82N4O6/c1-40(2)14-12-15-41(3)49-26-27-50-48-25-22-45-38-47(30-32-58(45,4)51(48)31-33-59(49,50)5)69-35-13-34-60-54(65)28-29-55(66)62-52(36-42-16-8-6-9-17-42)57(68)63-53(37-43-18-10-7-11-19-43)56(67)61-46-23-20-44(39-64)21-24-46/h6-11,16-24,40-41,47-53,64H,12-15,25-39H2,1-5H3,(H,60,65)(H,61,67)(H,62,66)(H,63,68)/t41-,47+,48+,49?,50+,51+,52+,53+,58+,59-/m1/s1. The molecular weight excluding hydrogens is 861 g/mol. The van der Waals surface area contributed by atoms with Crippen LogP contribution in [0.1, 0.15) is 141 Å². The molecule has 3 saturated carbocycles. The van der Waals surface area contributed by atoms with Crippen LogP contribution in [0.25, 0.3) is 0 Å². The maximum atomic E-state index is 14.0. The van der Waals surface area contributed by atoms with Crippen molar-refractivity contribution in [3.63, 3.8) is 0 Å². The highest BCUT2D eigenvalue weighted by Gasteiger charge is 2.59. The normalized spacial score (nSPS) is 26.3. The molecule has 0 aliphatic heterocycles. The largest absolute Gasteiger partial charge is 0.392 e. The van der Waals surface area contributed by atoms with Gasteiger partial charge in [0.15, 0.2) is 0 Å². The van der Waals surface area contributed by atoms with E-state index in [9.17, 15) is 24.3 Å². The Bertz CT molecular complexity index is 2180. The topological polar surface area (TPSA) is 146 Å². The molecule has 5 N–H and O–H groups in total. The molecule has 0 radical (unpaired) electrons. The molecule has 0 saturated heterocycles. The Labute approximate surface area is 413 Å². The van der Waals surface area contributed by atoms with E-state index in [-0.39, 0.29) is 49.7 Å². The molecule has 10 nitrogen and oxygen atoms in total. The van der Waals surface area contributed by atoms with E-state index in [0.29, 0.717) is 36.2 Å². The third kappa shape index (κ3) is 13.5. The third-order valence-corrected chi connectivity index (χ3v) is 17.1. The first-order valence-corrected chi connectivity index (χ1v) is 26.5. The summed E-state index contributed by atoms with van der Waals surface area (Å²) in [5.41, 5.74) is 5.34. The van der Waals surface area contributed by atoms with Crippen LogP contribution >= 0.6 is 0 Å². The van der Waals surface area contributed by atoms with Crippen molar-refractivity contribution in [3.8, 4) is 0 Å². The fraction of sp³-hybridized carbons (Fsp3) is 0.593. The molecule has 0 bridgehead atoms. The second-order valence-electron chi connectivity index (χ2n) is 22.1. The molecule has 4 amide bonds. The number of amides is 4. The van der Waals surface area contributed by atoms with Crippen molar-refractivity contribution in [3.05, 3.63) is 113 Å². The third-order valence-electron chi connectivity index (χ3n) is 17.1. The Morgan fingerprint density at radius 2 is 1.38 bits per heavy atom. The van der Waals surface area contributed by atoms with Gasteiger partial charge in [-0.1, -0.05) is 138 Å². The van der Waals surface area contributed by atoms with Crippen LogP contribution in [0.5, 0.6) is 0 Å². The van der Waals surface area contributed by atoms with Gasteiger partial charge in [0.25, 0.3) is 0 Å². The van der Waals surface area contributed by atoms with Crippen molar-refractivity contribution in [2.75, 3.05) is 18.5 Å². The predicted octanol–water partition coefficient (Wildman–Crippen LogP) is 10.3. The van der Waals surface area contributed by atoms with Gasteiger partial charge in [0.05, 0.1) is 12.7 Å². The van der Waals surface area contributed by atoms with Gasteiger partial charge in [0.1, 0.15) is 12.1 Å². The molecule has 374 valence electrons. The van der Waals surface area contributed by atoms with E-state index in [1.807, 2.05) is 60.7 Å². The highest BCUT2D eigenvalue weighted by molar-refractivity contribution is 5.98. The second-order valence-corrected chi connectivity index (χ2v) is 22.1. The van der Waals surface area contributed by atoms with Crippen LogP contribution in [0.2, 0.25) is 0 Å². The average Bonchev–Trinajstić information content (AvgIpc) is 3.71. The molecule has 3 aromatic carbocycles. The van der Waals surface area contributed by atoms with Crippen molar-refractivity contribution < 1.29 is 29.0 Å². The molecule has 3 fully saturated rings. The van der Waals surface area contributed by atoms with E-state index >= 15 is 0 Å². The highest BCUT2D eigenvalue weighted by Crippen LogP contribution is 2.67. The summed E-state index contributed by atoms with van der Waals surface area (Å²) in [6.07, 6.45) is 18.1. The van der Waals surface area contributed by atoms with E-state index in [1.165, 1.54) is 57.8 Å². The number of anilines is 1. The zero-order valence-electron chi connectivity index (χ0n) is 42.3. The Morgan fingerprint density at radius 3 is 2.04 bits per heavy atom. The quantitative estimate of drug-likeness (QED) is 0.0473. The predicted molar refractivity (Wildman–Crippen MR) is 275 cm³/mol. The molecule has 0 aromatic heterocycles. The molecule has 4 aliphatic rings. The number of allylic oxidation sites excluding steroid dienone is 1. The lowest BCUT2D eigenvalue weighted by atomic mass is 9.47. The molecule has 4 aliphatic carbocycles. The van der Waals surface area contributed by atoms with Gasteiger partial charge in [-0.2, -0.15) is 0 Å². The number of carbonyl (C=O) groups excluding carboxylic acids is 4. The summed E-state index contributed by atoms with van der Waals surface area (Å²) in [5, 5.41) is 21.1. The monoisotopic (exact) mass is 943 g/mol. The number of fused-ring (bicyclic) bond motifs is 5. The molecule has 7 rings (SSSR count). The van der Waals surface area contributed by atoms with Crippen LogP contribution < -0.4 is 21.3 Å². The van der Waals surface area contributed by atoms with Gasteiger partial charge in [0, 0.05) is 44.5 Å². The number of aliphatic hydroxyl groups excluding tert-OH is 1. The van der Waals surface area contributed by atoms with E-state index in [2.05, 4.69) is 62.0 Å². The van der Waals surface area contributed by atoms with Crippen molar-refractivity contribution in [1.82, 2.24) is 16.0 Å². The van der Waals surface area contributed by atoms with Crippen LogP contribution in [0.4, 0.5) is 5.69 Å². The number of hydrogen-bond donors (Lipinski definition) is 5. The lowest BCUT2D eigenvalue weighted by molar-refractivity contribution is -0.131. The zero-order chi connectivity index (χ0) is 49.0. The van der Waals surface area contributed by atoms with Gasteiger partial charge in [0.2, 0.25) is 23.6 Å². The molecule has 69 heavy (non-hydrogen) atoms. The first kappa shape index (κ1) is 52.0. The van der Waals surface area contributed by atoms with Gasteiger partial charge < -0.3 is 31.1 Å². The molecule has 10 atom stereocenters. The molecular formula is C59H82N4O6. The number of benzene rings is 3. The number of aliphatic hydroxyl groups is 1. The van der Waals surface area contributed by atoms with Crippen LogP contribution in [0, 0.1) is 46.3 Å². The number of nitrogens with one attached hydrogen (secondary N) is 4. The van der Waals surface area contributed by atoms with E-state index in [0.717, 1.165) is 59.5 Å². The van der Waals surface area contributed by atoms with Crippen LogP contribution in [-0.2, 0) is 43.4 Å². The van der Waals surface area contributed by atoms with Crippen molar-refractivity contribution in [1.29, 1.82) is 0 Å². The van der Waals surface area contributed by atoms with E-state index in [1.54, 1.807) is 29.8 Å². The first-order chi connectivity index (χ1) is 33.2. The SMILES string of the molecule is CC(C)CCC[C@@H](C)C1CC[C@H]2[C@@H]3CC=C4C[C@@H](OCCCNC(=O)CCC(=O)N[C@@H](Cc5ccccc5)C(=O)N[C@@H](Cc5ccccc5)C(=O)Nc5ccc(CO)cc5)CC[C@]4(C)[C@H]3CC[C@]12C.